The lowest BCUT2D eigenvalue weighted by Crippen LogP contribution is -2.50. The van der Waals surface area contributed by atoms with Gasteiger partial charge in [0.25, 0.3) is 0 Å². The van der Waals surface area contributed by atoms with Gasteiger partial charge in [-0.1, -0.05) is 30.3 Å². The van der Waals surface area contributed by atoms with Crippen LogP contribution in [0.25, 0.3) is 0 Å². The molecule has 0 bridgehead atoms. The second kappa shape index (κ2) is 8.06. The molecule has 0 radical (unpaired) electrons. The maximum atomic E-state index is 6.08. The highest BCUT2D eigenvalue weighted by Gasteiger charge is 2.56. The highest BCUT2D eigenvalue weighted by atomic mass is 16.7. The van der Waals surface area contributed by atoms with E-state index in [2.05, 4.69) is 36.5 Å². The number of rotatable bonds is 10. The number of hydrogen-bond donors (Lipinski definition) is 2. The molecule has 0 heterocycles. The summed E-state index contributed by atoms with van der Waals surface area (Å²) in [6, 6.07) is 10.9. The van der Waals surface area contributed by atoms with Gasteiger partial charge in [-0.15, -0.1) is 0 Å². The maximum absolute atomic E-state index is 6.08. The standard InChI is InChI=1S/C18H30N2O2/c1-4-21-17(22-5-2)18(11-12-18)16(13-19)20-14(3)15-9-7-6-8-10-15/h6-10,14,16-17,20H,4-5,11-13,19H2,1-3H3/t14-,16+/m0/s1. The van der Waals surface area contributed by atoms with E-state index >= 15 is 0 Å². The molecule has 1 saturated carbocycles. The predicted octanol–water partition coefficient (Wildman–Crippen LogP) is 2.84. The molecule has 0 saturated heterocycles. The van der Waals surface area contributed by atoms with Crippen molar-refractivity contribution in [3.63, 3.8) is 0 Å². The molecule has 4 nitrogen and oxygen atoms in total. The van der Waals surface area contributed by atoms with Crippen LogP contribution in [-0.4, -0.2) is 32.1 Å². The summed E-state index contributed by atoms with van der Waals surface area (Å²) < 4.78 is 11.7. The largest absolute Gasteiger partial charge is 0.352 e. The van der Waals surface area contributed by atoms with Crippen molar-refractivity contribution in [1.82, 2.24) is 5.32 Å². The first-order chi connectivity index (χ1) is 10.7. The Balaban J connectivity index is 2.06. The summed E-state index contributed by atoms with van der Waals surface area (Å²) in [5, 5.41) is 3.70. The molecule has 1 aromatic rings. The molecule has 22 heavy (non-hydrogen) atoms. The average Bonchev–Trinajstić information content (AvgIpc) is 3.34. The SMILES string of the molecule is CCOC(OCC)C1([C@@H](CN)N[C@@H](C)c2ccccc2)CC1. The van der Waals surface area contributed by atoms with Gasteiger partial charge < -0.3 is 20.5 Å². The fraction of sp³-hybridized carbons (Fsp3) is 0.667. The van der Waals surface area contributed by atoms with Crippen molar-refractivity contribution in [2.75, 3.05) is 19.8 Å². The Labute approximate surface area is 134 Å². The molecule has 1 fully saturated rings. The van der Waals surface area contributed by atoms with Crippen molar-refractivity contribution in [3.8, 4) is 0 Å². The Morgan fingerprint density at radius 1 is 1.14 bits per heavy atom. The van der Waals surface area contributed by atoms with Crippen LogP contribution in [0.3, 0.4) is 0 Å². The first kappa shape index (κ1) is 17.4. The molecule has 4 heteroatoms. The van der Waals surface area contributed by atoms with Crippen LogP contribution >= 0.6 is 0 Å². The van der Waals surface area contributed by atoms with Crippen LogP contribution in [-0.2, 0) is 9.47 Å². The maximum Gasteiger partial charge on any atom is 0.164 e. The second-order valence-electron chi connectivity index (χ2n) is 6.06. The first-order valence-corrected chi connectivity index (χ1v) is 8.42. The number of nitrogens with two attached hydrogens (primary N) is 1. The van der Waals surface area contributed by atoms with Gasteiger partial charge in [0, 0.05) is 37.3 Å². The molecule has 1 aliphatic carbocycles. The van der Waals surface area contributed by atoms with E-state index in [1.165, 1.54) is 5.56 Å². The Kier molecular flexibility index (Phi) is 6.38. The van der Waals surface area contributed by atoms with E-state index in [4.69, 9.17) is 15.2 Å². The van der Waals surface area contributed by atoms with Crippen molar-refractivity contribution in [2.24, 2.45) is 11.1 Å². The second-order valence-corrected chi connectivity index (χ2v) is 6.06. The zero-order valence-corrected chi connectivity index (χ0v) is 14.0. The summed E-state index contributed by atoms with van der Waals surface area (Å²) in [5.41, 5.74) is 7.38. The third-order valence-electron chi connectivity index (χ3n) is 4.61. The van der Waals surface area contributed by atoms with Crippen molar-refractivity contribution >= 4 is 0 Å². The van der Waals surface area contributed by atoms with Crippen LogP contribution < -0.4 is 11.1 Å². The third-order valence-corrected chi connectivity index (χ3v) is 4.61. The van der Waals surface area contributed by atoms with Crippen LogP contribution in [0.1, 0.15) is 45.2 Å². The van der Waals surface area contributed by atoms with Crippen molar-refractivity contribution in [3.05, 3.63) is 35.9 Å². The normalized spacial score (nSPS) is 19.1. The zero-order valence-electron chi connectivity index (χ0n) is 14.0. The van der Waals surface area contributed by atoms with Gasteiger partial charge in [-0.2, -0.15) is 0 Å². The van der Waals surface area contributed by atoms with E-state index in [0.29, 0.717) is 19.8 Å². The summed E-state index contributed by atoms with van der Waals surface area (Å²) in [4.78, 5) is 0. The smallest absolute Gasteiger partial charge is 0.164 e. The van der Waals surface area contributed by atoms with Crippen molar-refractivity contribution in [2.45, 2.75) is 52.0 Å². The molecule has 124 valence electrons. The van der Waals surface area contributed by atoms with Crippen LogP contribution in [0.15, 0.2) is 30.3 Å². The molecule has 0 unspecified atom stereocenters. The number of ether oxygens (including phenoxy) is 2. The van der Waals surface area contributed by atoms with E-state index in [-0.39, 0.29) is 23.8 Å². The lowest BCUT2D eigenvalue weighted by atomic mass is 9.93. The molecule has 0 spiro atoms. The van der Waals surface area contributed by atoms with E-state index in [1.54, 1.807) is 0 Å². The zero-order chi connectivity index (χ0) is 16.0. The predicted molar refractivity (Wildman–Crippen MR) is 89.5 cm³/mol. The van der Waals surface area contributed by atoms with Crippen LogP contribution in [0.2, 0.25) is 0 Å². The molecule has 0 aliphatic heterocycles. The van der Waals surface area contributed by atoms with E-state index in [9.17, 15) is 0 Å². The van der Waals surface area contributed by atoms with Gasteiger partial charge in [0.1, 0.15) is 0 Å². The average molecular weight is 306 g/mol. The van der Waals surface area contributed by atoms with Gasteiger partial charge in [-0.05, 0) is 39.2 Å². The Hall–Kier alpha value is -0.940. The highest BCUT2D eigenvalue weighted by molar-refractivity contribution is 5.19. The molecule has 1 aliphatic rings. The molecule has 0 amide bonds. The number of nitrogens with one attached hydrogen (secondary N) is 1. The summed E-state index contributed by atoms with van der Waals surface area (Å²) in [6.45, 7) is 8.13. The summed E-state index contributed by atoms with van der Waals surface area (Å²) in [7, 11) is 0. The van der Waals surface area contributed by atoms with Gasteiger partial charge in [0.15, 0.2) is 6.29 Å². The molecule has 2 atom stereocenters. The van der Waals surface area contributed by atoms with Gasteiger partial charge in [0.05, 0.1) is 0 Å². The van der Waals surface area contributed by atoms with E-state index in [1.807, 2.05) is 19.9 Å². The minimum atomic E-state index is -0.161. The first-order valence-electron chi connectivity index (χ1n) is 8.42. The lowest BCUT2D eigenvalue weighted by Gasteiger charge is -2.35. The molecule has 3 N–H and O–H groups in total. The number of hydrogen-bond acceptors (Lipinski definition) is 4. The molecule has 1 aromatic carbocycles. The molecule has 2 rings (SSSR count). The topological polar surface area (TPSA) is 56.5 Å². The Morgan fingerprint density at radius 2 is 1.73 bits per heavy atom. The van der Waals surface area contributed by atoms with Crippen LogP contribution in [0.5, 0.6) is 0 Å². The Morgan fingerprint density at radius 3 is 2.18 bits per heavy atom. The minimum absolute atomic E-state index is 0.0177. The van der Waals surface area contributed by atoms with Gasteiger partial charge in [-0.3, -0.25) is 0 Å². The van der Waals surface area contributed by atoms with Crippen LogP contribution in [0.4, 0.5) is 0 Å². The molecular weight excluding hydrogens is 276 g/mol. The fourth-order valence-corrected chi connectivity index (χ4v) is 3.18. The third kappa shape index (κ3) is 3.87. The number of benzene rings is 1. The summed E-state index contributed by atoms with van der Waals surface area (Å²) in [6.07, 6.45) is 2.05. The van der Waals surface area contributed by atoms with Crippen LogP contribution in [0, 0.1) is 5.41 Å². The van der Waals surface area contributed by atoms with E-state index in [0.717, 1.165) is 12.8 Å². The molecular formula is C18H30N2O2. The summed E-state index contributed by atoms with van der Waals surface area (Å²) in [5.74, 6) is 0. The Bertz CT molecular complexity index is 428. The fourth-order valence-electron chi connectivity index (χ4n) is 3.18. The van der Waals surface area contributed by atoms with Gasteiger partial charge in [-0.25, -0.2) is 0 Å². The van der Waals surface area contributed by atoms with Gasteiger partial charge in [0.2, 0.25) is 0 Å². The lowest BCUT2D eigenvalue weighted by molar-refractivity contribution is -0.182. The quantitative estimate of drug-likeness (QED) is 0.653. The van der Waals surface area contributed by atoms with Crippen molar-refractivity contribution < 1.29 is 9.47 Å². The van der Waals surface area contributed by atoms with E-state index < -0.39 is 0 Å². The molecule has 0 aromatic heterocycles. The highest BCUT2D eigenvalue weighted by Crippen LogP contribution is 2.53. The summed E-state index contributed by atoms with van der Waals surface area (Å²) >= 11 is 0. The van der Waals surface area contributed by atoms with Crippen molar-refractivity contribution in [1.29, 1.82) is 0 Å². The minimum Gasteiger partial charge on any atom is -0.352 e. The van der Waals surface area contributed by atoms with Gasteiger partial charge >= 0.3 is 0 Å². The monoisotopic (exact) mass is 306 g/mol.